The van der Waals surface area contributed by atoms with Crippen molar-refractivity contribution >= 4 is 50.5 Å². The SMILES string of the molecule is CN(C)C(=O)c1ccc(N)cc1Nc1cccc(Cl)c1Br. The normalized spacial score (nSPS) is 10.3. The van der Waals surface area contributed by atoms with Crippen LogP contribution in [0.3, 0.4) is 0 Å². The van der Waals surface area contributed by atoms with E-state index in [9.17, 15) is 4.79 Å². The quantitative estimate of drug-likeness (QED) is 0.801. The second kappa shape index (κ2) is 6.37. The minimum atomic E-state index is -0.101. The Kier molecular flexibility index (Phi) is 4.75. The van der Waals surface area contributed by atoms with Gasteiger partial charge in [-0.05, 0) is 46.3 Å². The van der Waals surface area contributed by atoms with Crippen molar-refractivity contribution in [2.45, 2.75) is 0 Å². The Bertz CT molecular complexity index is 689. The maximum absolute atomic E-state index is 12.2. The van der Waals surface area contributed by atoms with Crippen LogP contribution in [0, 0.1) is 0 Å². The summed E-state index contributed by atoms with van der Waals surface area (Å²) >= 11 is 9.50. The molecule has 0 aliphatic heterocycles. The number of carbonyl (C=O) groups excluding carboxylic acids is 1. The van der Waals surface area contributed by atoms with E-state index in [1.807, 2.05) is 12.1 Å². The monoisotopic (exact) mass is 367 g/mol. The van der Waals surface area contributed by atoms with Gasteiger partial charge in [0.2, 0.25) is 0 Å². The van der Waals surface area contributed by atoms with Crippen LogP contribution in [0.2, 0.25) is 5.02 Å². The molecular weight excluding hydrogens is 354 g/mol. The van der Waals surface area contributed by atoms with Gasteiger partial charge in [-0.3, -0.25) is 4.79 Å². The van der Waals surface area contributed by atoms with Crippen molar-refractivity contribution in [1.29, 1.82) is 0 Å². The summed E-state index contributed by atoms with van der Waals surface area (Å²) in [6.45, 7) is 0. The van der Waals surface area contributed by atoms with Crippen LogP contribution < -0.4 is 11.1 Å². The molecule has 110 valence electrons. The van der Waals surface area contributed by atoms with Gasteiger partial charge >= 0.3 is 0 Å². The number of nitrogens with two attached hydrogens (primary N) is 1. The molecule has 0 aliphatic carbocycles. The predicted molar refractivity (Wildman–Crippen MR) is 91.3 cm³/mol. The maximum Gasteiger partial charge on any atom is 0.255 e. The molecular formula is C15H15BrClN3O. The van der Waals surface area contributed by atoms with E-state index in [1.165, 1.54) is 4.90 Å². The number of hydrogen-bond donors (Lipinski definition) is 2. The minimum Gasteiger partial charge on any atom is -0.399 e. The summed E-state index contributed by atoms with van der Waals surface area (Å²) in [5.74, 6) is -0.101. The molecule has 21 heavy (non-hydrogen) atoms. The summed E-state index contributed by atoms with van der Waals surface area (Å²) in [7, 11) is 3.41. The van der Waals surface area contributed by atoms with Gasteiger partial charge in [-0.1, -0.05) is 17.7 Å². The summed E-state index contributed by atoms with van der Waals surface area (Å²) in [4.78, 5) is 13.7. The van der Waals surface area contributed by atoms with E-state index in [4.69, 9.17) is 17.3 Å². The highest BCUT2D eigenvalue weighted by Gasteiger charge is 2.15. The lowest BCUT2D eigenvalue weighted by atomic mass is 10.1. The number of rotatable bonds is 3. The number of benzene rings is 2. The van der Waals surface area contributed by atoms with Crippen LogP contribution in [0.4, 0.5) is 17.1 Å². The van der Waals surface area contributed by atoms with E-state index in [-0.39, 0.29) is 5.91 Å². The van der Waals surface area contributed by atoms with Crippen LogP contribution >= 0.6 is 27.5 Å². The Labute approximate surface area is 137 Å². The van der Waals surface area contributed by atoms with Gasteiger partial charge in [0.1, 0.15) is 0 Å². The molecule has 2 aromatic carbocycles. The van der Waals surface area contributed by atoms with Crippen LogP contribution in [0.1, 0.15) is 10.4 Å². The Morgan fingerprint density at radius 1 is 1.24 bits per heavy atom. The Morgan fingerprint density at radius 2 is 1.95 bits per heavy atom. The van der Waals surface area contributed by atoms with Gasteiger partial charge in [0.25, 0.3) is 5.91 Å². The van der Waals surface area contributed by atoms with Crippen molar-refractivity contribution in [2.75, 3.05) is 25.1 Å². The largest absolute Gasteiger partial charge is 0.399 e. The van der Waals surface area contributed by atoms with Crippen LogP contribution in [-0.2, 0) is 0 Å². The number of amides is 1. The molecule has 0 fully saturated rings. The van der Waals surface area contributed by atoms with Crippen molar-refractivity contribution in [1.82, 2.24) is 4.90 Å². The molecule has 4 nitrogen and oxygen atoms in total. The van der Waals surface area contributed by atoms with E-state index in [0.29, 0.717) is 22.0 Å². The van der Waals surface area contributed by atoms with Gasteiger partial charge in [0.05, 0.1) is 26.4 Å². The molecule has 1 amide bonds. The number of nitrogens with one attached hydrogen (secondary N) is 1. The fourth-order valence-corrected chi connectivity index (χ4v) is 2.38. The Hall–Kier alpha value is -1.72. The molecule has 0 bridgehead atoms. The number of carbonyl (C=O) groups is 1. The molecule has 6 heteroatoms. The molecule has 0 aliphatic rings. The summed E-state index contributed by atoms with van der Waals surface area (Å²) in [5, 5.41) is 3.79. The predicted octanol–water partition coefficient (Wildman–Crippen LogP) is 4.13. The van der Waals surface area contributed by atoms with Crippen molar-refractivity contribution in [3.05, 3.63) is 51.5 Å². The second-order valence-corrected chi connectivity index (χ2v) is 5.93. The van der Waals surface area contributed by atoms with E-state index in [0.717, 1.165) is 10.2 Å². The molecule has 0 spiro atoms. The minimum absolute atomic E-state index is 0.101. The van der Waals surface area contributed by atoms with Gasteiger partial charge in [-0.2, -0.15) is 0 Å². The Morgan fingerprint density at radius 3 is 2.62 bits per heavy atom. The first-order valence-corrected chi connectivity index (χ1v) is 7.39. The molecule has 2 rings (SSSR count). The highest BCUT2D eigenvalue weighted by Crippen LogP contribution is 2.33. The van der Waals surface area contributed by atoms with Gasteiger partial charge in [0.15, 0.2) is 0 Å². The number of nitrogen functional groups attached to an aromatic ring is 1. The van der Waals surface area contributed by atoms with Gasteiger partial charge < -0.3 is 16.0 Å². The molecule has 2 aromatic rings. The summed E-state index contributed by atoms with van der Waals surface area (Å²) in [6.07, 6.45) is 0. The van der Waals surface area contributed by atoms with Gasteiger partial charge in [-0.25, -0.2) is 0 Å². The van der Waals surface area contributed by atoms with E-state index >= 15 is 0 Å². The lowest BCUT2D eigenvalue weighted by Crippen LogP contribution is -2.22. The molecule has 0 unspecified atom stereocenters. The van der Waals surface area contributed by atoms with Crippen LogP contribution in [0.25, 0.3) is 0 Å². The average molecular weight is 369 g/mol. The first-order chi connectivity index (χ1) is 9.90. The Balaban J connectivity index is 2.46. The summed E-state index contributed by atoms with van der Waals surface area (Å²) in [5.41, 5.74) is 8.34. The highest BCUT2D eigenvalue weighted by atomic mass is 79.9. The first kappa shape index (κ1) is 15.7. The standard InChI is InChI=1S/C15H15BrClN3O/c1-20(2)15(21)10-7-6-9(18)8-13(10)19-12-5-3-4-11(17)14(12)16/h3-8,19H,18H2,1-2H3. The number of hydrogen-bond acceptors (Lipinski definition) is 3. The van der Waals surface area contributed by atoms with Crippen molar-refractivity contribution in [3.63, 3.8) is 0 Å². The fraction of sp³-hybridized carbons (Fsp3) is 0.133. The second-order valence-electron chi connectivity index (χ2n) is 4.73. The van der Waals surface area contributed by atoms with Crippen molar-refractivity contribution in [2.24, 2.45) is 0 Å². The smallest absolute Gasteiger partial charge is 0.255 e. The number of nitrogens with zero attached hydrogens (tertiary/aromatic N) is 1. The number of anilines is 3. The average Bonchev–Trinajstić information content (AvgIpc) is 2.43. The van der Waals surface area contributed by atoms with Crippen molar-refractivity contribution in [3.8, 4) is 0 Å². The van der Waals surface area contributed by atoms with Crippen molar-refractivity contribution < 1.29 is 4.79 Å². The lowest BCUT2D eigenvalue weighted by Gasteiger charge is -2.17. The van der Waals surface area contributed by atoms with E-state index < -0.39 is 0 Å². The molecule has 0 saturated carbocycles. The molecule has 3 N–H and O–H groups in total. The zero-order valence-electron chi connectivity index (χ0n) is 11.7. The van der Waals surface area contributed by atoms with Crippen LogP contribution in [-0.4, -0.2) is 24.9 Å². The summed E-state index contributed by atoms with van der Waals surface area (Å²) < 4.78 is 0.734. The molecule has 0 heterocycles. The molecule has 0 atom stereocenters. The third-order valence-electron chi connectivity index (χ3n) is 2.90. The van der Waals surface area contributed by atoms with E-state index in [1.54, 1.807) is 38.4 Å². The molecule has 0 aromatic heterocycles. The topological polar surface area (TPSA) is 58.4 Å². The van der Waals surface area contributed by atoms with Gasteiger partial charge in [0, 0.05) is 19.8 Å². The fourth-order valence-electron chi connectivity index (χ4n) is 1.84. The van der Waals surface area contributed by atoms with Crippen LogP contribution in [0.15, 0.2) is 40.9 Å². The molecule has 0 saturated heterocycles. The third-order valence-corrected chi connectivity index (χ3v) is 4.30. The highest BCUT2D eigenvalue weighted by molar-refractivity contribution is 9.10. The zero-order valence-corrected chi connectivity index (χ0v) is 14.0. The maximum atomic E-state index is 12.2. The van der Waals surface area contributed by atoms with E-state index in [2.05, 4.69) is 21.2 Å². The zero-order chi connectivity index (χ0) is 15.6. The lowest BCUT2D eigenvalue weighted by molar-refractivity contribution is 0.0828. The van der Waals surface area contributed by atoms with Crippen LogP contribution in [0.5, 0.6) is 0 Å². The first-order valence-electron chi connectivity index (χ1n) is 6.22. The summed E-state index contributed by atoms with van der Waals surface area (Å²) in [6, 6.07) is 10.6. The van der Waals surface area contributed by atoms with Gasteiger partial charge in [-0.15, -0.1) is 0 Å². The molecule has 0 radical (unpaired) electrons. The third kappa shape index (κ3) is 3.49. The number of halogens is 2.